The van der Waals surface area contributed by atoms with E-state index in [2.05, 4.69) is 22.6 Å². The molecule has 5 rings (SSSR count). The predicted octanol–water partition coefficient (Wildman–Crippen LogP) is 6.18. The highest BCUT2D eigenvalue weighted by molar-refractivity contribution is 6.33. The van der Waals surface area contributed by atoms with E-state index < -0.39 is 46.4 Å². The second-order valence-corrected chi connectivity index (χ2v) is 12.3. The first-order valence-electron chi connectivity index (χ1n) is 14.7. The fourth-order valence-electron chi connectivity index (χ4n) is 6.44. The number of nitrogens with zero attached hydrogens (tertiary/aromatic N) is 6. The van der Waals surface area contributed by atoms with Crippen molar-refractivity contribution < 1.29 is 27.5 Å². The van der Waals surface area contributed by atoms with Crippen LogP contribution in [-0.4, -0.2) is 62.2 Å². The Morgan fingerprint density at radius 2 is 1.79 bits per heavy atom. The minimum Gasteiger partial charge on any atom is -0.396 e. The minimum absolute atomic E-state index is 0.0576. The van der Waals surface area contributed by atoms with Crippen LogP contribution in [0.3, 0.4) is 0 Å². The van der Waals surface area contributed by atoms with Gasteiger partial charge in [-0.05, 0) is 50.5 Å². The Bertz CT molecular complexity index is 1850. The van der Waals surface area contributed by atoms with E-state index in [1.54, 1.807) is 24.1 Å². The molecular weight excluding hydrogens is 638 g/mol. The predicted molar refractivity (Wildman–Crippen MR) is 170 cm³/mol. The molecule has 1 unspecified atom stereocenters. The first kappa shape index (κ1) is 33.7. The van der Waals surface area contributed by atoms with Gasteiger partial charge in [-0.1, -0.05) is 32.0 Å². The first-order valence-corrected chi connectivity index (χ1v) is 15.1. The van der Waals surface area contributed by atoms with Gasteiger partial charge in [0.2, 0.25) is 5.91 Å². The highest BCUT2D eigenvalue weighted by Gasteiger charge is 2.42. The molecule has 3 N–H and O–H groups in total. The van der Waals surface area contributed by atoms with Gasteiger partial charge in [0.1, 0.15) is 17.5 Å². The third kappa shape index (κ3) is 5.35. The third-order valence-corrected chi connectivity index (χ3v) is 8.75. The number of nitrogen functional groups attached to an aromatic ring is 1. The molecule has 0 spiro atoms. The minimum atomic E-state index is -2.10. The van der Waals surface area contributed by atoms with Gasteiger partial charge in [-0.2, -0.15) is 5.26 Å². The summed E-state index contributed by atoms with van der Waals surface area (Å²) < 4.78 is 58.6. The topological polar surface area (TPSA) is 123 Å². The number of hydrogen-bond acceptors (Lipinski definition) is 8. The van der Waals surface area contributed by atoms with Gasteiger partial charge in [0.15, 0.2) is 29.5 Å². The molecule has 0 saturated carbocycles. The molecule has 14 heteroatoms. The lowest BCUT2D eigenvalue weighted by atomic mass is 9.93. The standard InChI is InChI=1S/C33H32ClF4N7O2/c1-7-21(46)44-16(5)12-43(13-17(44)6)31-18-10-20(34)29(22-23(35)24(36)25(37)26(38)27(22)40)42-32(18)45(33(47)19(31)11-39)30-15(4)8-9-41-28(30)14(2)3/h7-10,14,16-17,33,47H,1,12-13,40H2,2-6H3/t16-,17+,33?. The van der Waals surface area contributed by atoms with Gasteiger partial charge in [0.25, 0.3) is 0 Å². The Kier molecular flexibility index (Phi) is 8.96. The van der Waals surface area contributed by atoms with E-state index in [1.165, 1.54) is 17.0 Å². The molecule has 1 saturated heterocycles. The maximum atomic E-state index is 15.3. The Morgan fingerprint density at radius 3 is 2.36 bits per heavy atom. The molecule has 9 nitrogen and oxygen atoms in total. The maximum Gasteiger partial charge on any atom is 0.246 e. The number of amides is 1. The molecule has 2 aliphatic heterocycles. The summed E-state index contributed by atoms with van der Waals surface area (Å²) >= 11 is 6.66. The molecule has 2 aromatic heterocycles. The SMILES string of the molecule is C=CC(=O)N1[C@H](C)CN(C2=C(C#N)C(O)N(c3c(C)ccnc3C(C)C)c3nc(-c4c(N)c(F)c(F)c(F)c4F)c(Cl)cc32)C[C@@H]1C. The fourth-order valence-corrected chi connectivity index (χ4v) is 6.68. The lowest BCUT2D eigenvalue weighted by molar-refractivity contribution is -0.132. The Labute approximate surface area is 274 Å². The second-order valence-electron chi connectivity index (χ2n) is 11.9. The van der Waals surface area contributed by atoms with Gasteiger partial charge in [-0.15, -0.1) is 0 Å². The molecule has 47 heavy (non-hydrogen) atoms. The number of halogens is 5. The van der Waals surface area contributed by atoms with Crippen molar-refractivity contribution in [2.24, 2.45) is 0 Å². The van der Waals surface area contributed by atoms with Gasteiger partial charge in [0.05, 0.1) is 39.0 Å². The van der Waals surface area contributed by atoms with Crippen molar-refractivity contribution in [1.29, 1.82) is 5.26 Å². The van der Waals surface area contributed by atoms with E-state index in [0.29, 0.717) is 16.9 Å². The number of fused-ring (bicyclic) bond motifs is 1. The monoisotopic (exact) mass is 669 g/mol. The van der Waals surface area contributed by atoms with Gasteiger partial charge in [-0.3, -0.25) is 14.7 Å². The largest absolute Gasteiger partial charge is 0.396 e. The number of aryl methyl sites for hydroxylation is 1. The quantitative estimate of drug-likeness (QED) is 0.109. The van der Waals surface area contributed by atoms with E-state index in [-0.39, 0.29) is 64.7 Å². The maximum absolute atomic E-state index is 15.3. The summed E-state index contributed by atoms with van der Waals surface area (Å²) in [6, 6.07) is 4.44. The number of hydrogen-bond donors (Lipinski definition) is 2. The van der Waals surface area contributed by atoms with Crippen LogP contribution >= 0.6 is 11.6 Å². The molecule has 3 atom stereocenters. The Balaban J connectivity index is 1.84. The molecule has 2 aliphatic rings. The summed E-state index contributed by atoms with van der Waals surface area (Å²) in [6.07, 6.45) is 1.14. The molecule has 1 amide bonds. The zero-order valence-electron chi connectivity index (χ0n) is 26.2. The molecule has 0 radical (unpaired) electrons. The van der Waals surface area contributed by atoms with Crippen molar-refractivity contribution in [2.45, 2.75) is 58.8 Å². The number of pyridine rings is 2. The summed E-state index contributed by atoms with van der Waals surface area (Å²) in [5, 5.41) is 22.2. The van der Waals surface area contributed by atoms with Crippen LogP contribution in [0, 0.1) is 41.5 Å². The van der Waals surface area contributed by atoms with E-state index >= 15 is 4.39 Å². The second kappa shape index (κ2) is 12.5. The van der Waals surface area contributed by atoms with Crippen LogP contribution in [-0.2, 0) is 4.79 Å². The van der Waals surface area contributed by atoms with Crippen LogP contribution < -0.4 is 10.6 Å². The number of anilines is 3. The van der Waals surface area contributed by atoms with E-state index in [9.17, 15) is 28.3 Å². The Morgan fingerprint density at radius 1 is 1.17 bits per heavy atom. The van der Waals surface area contributed by atoms with Crippen LogP contribution in [0.25, 0.3) is 17.0 Å². The molecule has 4 heterocycles. The van der Waals surface area contributed by atoms with Gasteiger partial charge in [0, 0.05) is 36.9 Å². The average molecular weight is 670 g/mol. The van der Waals surface area contributed by atoms with E-state index in [4.69, 9.17) is 17.3 Å². The summed E-state index contributed by atoms with van der Waals surface area (Å²) in [6.45, 7) is 13.2. The average Bonchev–Trinajstić information content (AvgIpc) is 3.02. The van der Waals surface area contributed by atoms with Crippen molar-refractivity contribution in [1.82, 2.24) is 19.8 Å². The van der Waals surface area contributed by atoms with Crippen molar-refractivity contribution >= 4 is 40.4 Å². The fraction of sp³-hybridized carbons (Fsp3) is 0.333. The van der Waals surface area contributed by atoms with Crippen LogP contribution in [0.5, 0.6) is 0 Å². The number of carbonyl (C=O) groups is 1. The van der Waals surface area contributed by atoms with Crippen LogP contribution in [0.4, 0.5) is 34.8 Å². The summed E-state index contributed by atoms with van der Waals surface area (Å²) in [7, 11) is 0. The number of nitrogens with two attached hydrogens (primary N) is 1. The molecule has 3 aromatic rings. The number of aromatic nitrogens is 2. The smallest absolute Gasteiger partial charge is 0.246 e. The van der Waals surface area contributed by atoms with Crippen molar-refractivity contribution in [2.75, 3.05) is 23.7 Å². The number of piperazine rings is 1. The van der Waals surface area contributed by atoms with Gasteiger partial charge < -0.3 is 20.6 Å². The number of benzene rings is 1. The zero-order chi connectivity index (χ0) is 34.6. The highest BCUT2D eigenvalue weighted by Crippen LogP contribution is 2.48. The number of aliphatic hydroxyl groups excluding tert-OH is 1. The lowest BCUT2D eigenvalue weighted by Gasteiger charge is -2.48. The van der Waals surface area contributed by atoms with Crippen molar-refractivity contribution in [3.63, 3.8) is 0 Å². The normalized spacial score (nSPS) is 19.6. The van der Waals surface area contributed by atoms with Crippen LogP contribution in [0.2, 0.25) is 5.02 Å². The van der Waals surface area contributed by atoms with Crippen LogP contribution in [0.15, 0.2) is 36.6 Å². The highest BCUT2D eigenvalue weighted by atomic mass is 35.5. The van der Waals surface area contributed by atoms with Gasteiger partial charge in [-0.25, -0.2) is 22.5 Å². The number of aliphatic hydroxyl groups is 1. The lowest BCUT2D eigenvalue weighted by Crippen LogP contribution is -2.58. The summed E-state index contributed by atoms with van der Waals surface area (Å²) in [5.41, 5.74) is 5.22. The van der Waals surface area contributed by atoms with E-state index in [0.717, 1.165) is 0 Å². The van der Waals surface area contributed by atoms with E-state index in [1.807, 2.05) is 32.6 Å². The van der Waals surface area contributed by atoms with Gasteiger partial charge >= 0.3 is 0 Å². The number of rotatable bonds is 5. The summed E-state index contributed by atoms with van der Waals surface area (Å²) in [5.74, 6) is -8.34. The molecular formula is C33H32ClF4N7O2. The first-order chi connectivity index (χ1) is 22.2. The molecule has 0 bridgehead atoms. The van der Waals surface area contributed by atoms with Crippen LogP contribution in [0.1, 0.15) is 50.4 Å². The number of carbonyl (C=O) groups excluding carboxylic acids is 1. The Hall–Kier alpha value is -4.67. The van der Waals surface area contributed by atoms with Crippen molar-refractivity contribution in [3.8, 4) is 17.3 Å². The summed E-state index contributed by atoms with van der Waals surface area (Å²) in [4.78, 5) is 26.5. The van der Waals surface area contributed by atoms with Crippen molar-refractivity contribution in [3.05, 3.63) is 81.7 Å². The zero-order valence-corrected chi connectivity index (χ0v) is 27.0. The molecule has 0 aliphatic carbocycles. The molecule has 1 fully saturated rings. The number of nitriles is 1. The molecule has 1 aromatic carbocycles. The molecule has 246 valence electrons. The third-order valence-electron chi connectivity index (χ3n) is 8.46.